The summed E-state index contributed by atoms with van der Waals surface area (Å²) in [7, 11) is 0. The van der Waals surface area contributed by atoms with Gasteiger partial charge in [-0.15, -0.1) is 0 Å². The number of rotatable bonds is 3. The lowest BCUT2D eigenvalue weighted by atomic mass is 10.1. The van der Waals surface area contributed by atoms with Crippen LogP contribution in [-0.2, 0) is 0 Å². The molecule has 0 aliphatic carbocycles. The van der Waals surface area contributed by atoms with Crippen molar-refractivity contribution >= 4 is 17.6 Å². The largest absolute Gasteiger partial charge is 0.478 e. The Labute approximate surface area is 114 Å². The third kappa shape index (κ3) is 2.80. The van der Waals surface area contributed by atoms with Crippen LogP contribution in [0.15, 0.2) is 36.5 Å². The van der Waals surface area contributed by atoms with Crippen molar-refractivity contribution in [2.24, 2.45) is 0 Å². The van der Waals surface area contributed by atoms with Crippen LogP contribution in [-0.4, -0.2) is 22.0 Å². The molecule has 0 unspecified atom stereocenters. The molecule has 20 heavy (non-hydrogen) atoms. The highest BCUT2D eigenvalue weighted by atomic mass is 19.1. The smallest absolute Gasteiger partial charge is 0.335 e. The molecule has 5 nitrogen and oxygen atoms in total. The van der Waals surface area contributed by atoms with Gasteiger partial charge in [0.25, 0.3) is 5.91 Å². The molecule has 2 rings (SSSR count). The summed E-state index contributed by atoms with van der Waals surface area (Å²) in [6, 6.07) is 7.06. The lowest BCUT2D eigenvalue weighted by Crippen LogP contribution is -2.15. The van der Waals surface area contributed by atoms with Crippen molar-refractivity contribution in [3.63, 3.8) is 0 Å². The van der Waals surface area contributed by atoms with Gasteiger partial charge in [-0.05, 0) is 36.8 Å². The number of carboxylic acids is 1. The van der Waals surface area contributed by atoms with Crippen molar-refractivity contribution in [2.75, 3.05) is 5.32 Å². The summed E-state index contributed by atoms with van der Waals surface area (Å²) in [5.74, 6) is -2.66. The number of anilines is 1. The number of halogens is 1. The predicted octanol–water partition coefficient (Wildman–Crippen LogP) is 2.48. The van der Waals surface area contributed by atoms with Crippen LogP contribution in [0.3, 0.4) is 0 Å². The Hall–Kier alpha value is -2.76. The highest BCUT2D eigenvalue weighted by Crippen LogP contribution is 2.18. The fourth-order valence-electron chi connectivity index (χ4n) is 1.63. The molecule has 102 valence electrons. The molecule has 1 aromatic heterocycles. The first kappa shape index (κ1) is 13.7. The van der Waals surface area contributed by atoms with Gasteiger partial charge in [0.15, 0.2) is 0 Å². The lowest BCUT2D eigenvalue weighted by molar-refractivity contribution is 0.0696. The second kappa shape index (κ2) is 5.48. The second-order valence-electron chi connectivity index (χ2n) is 4.13. The second-order valence-corrected chi connectivity index (χ2v) is 4.13. The van der Waals surface area contributed by atoms with E-state index in [1.807, 2.05) is 0 Å². The maximum Gasteiger partial charge on any atom is 0.335 e. The molecule has 0 atom stereocenters. The number of hydrogen-bond acceptors (Lipinski definition) is 3. The quantitative estimate of drug-likeness (QED) is 0.843. The van der Waals surface area contributed by atoms with Gasteiger partial charge in [0, 0.05) is 11.9 Å². The zero-order chi connectivity index (χ0) is 14.7. The SMILES string of the molecule is Cc1ccc(C(=O)O)cc1NC(=O)c1cccnc1F. The number of aromatic nitrogens is 1. The number of aromatic carboxylic acids is 1. The van der Waals surface area contributed by atoms with E-state index in [0.717, 1.165) is 0 Å². The van der Waals surface area contributed by atoms with Crippen LogP contribution >= 0.6 is 0 Å². The van der Waals surface area contributed by atoms with E-state index in [4.69, 9.17) is 5.11 Å². The van der Waals surface area contributed by atoms with Gasteiger partial charge in [-0.25, -0.2) is 9.78 Å². The van der Waals surface area contributed by atoms with Crippen molar-refractivity contribution in [3.8, 4) is 0 Å². The molecule has 0 fully saturated rings. The predicted molar refractivity (Wildman–Crippen MR) is 70.3 cm³/mol. The van der Waals surface area contributed by atoms with Gasteiger partial charge >= 0.3 is 5.97 Å². The van der Waals surface area contributed by atoms with Gasteiger partial charge in [-0.2, -0.15) is 4.39 Å². The third-order valence-electron chi connectivity index (χ3n) is 2.74. The van der Waals surface area contributed by atoms with Gasteiger partial charge in [-0.1, -0.05) is 6.07 Å². The Balaban J connectivity index is 2.30. The zero-order valence-corrected chi connectivity index (χ0v) is 10.6. The van der Waals surface area contributed by atoms with Crippen LogP contribution in [0.5, 0.6) is 0 Å². The molecule has 6 heteroatoms. The van der Waals surface area contributed by atoms with E-state index in [-0.39, 0.29) is 11.1 Å². The van der Waals surface area contributed by atoms with Crippen LogP contribution in [0.1, 0.15) is 26.3 Å². The zero-order valence-electron chi connectivity index (χ0n) is 10.6. The minimum absolute atomic E-state index is 0.0394. The number of pyridine rings is 1. The molecule has 0 saturated carbocycles. The molecule has 0 radical (unpaired) electrons. The standard InChI is InChI=1S/C14H11FN2O3/c1-8-4-5-9(14(19)20)7-11(8)17-13(18)10-3-2-6-16-12(10)15/h2-7H,1H3,(H,17,18)(H,19,20). The average molecular weight is 274 g/mol. The highest BCUT2D eigenvalue weighted by molar-refractivity contribution is 6.05. The number of carbonyl (C=O) groups is 2. The molecule has 2 N–H and O–H groups in total. The Bertz CT molecular complexity index is 686. The van der Waals surface area contributed by atoms with Crippen molar-refractivity contribution in [3.05, 3.63) is 59.2 Å². The first-order valence-electron chi connectivity index (χ1n) is 5.75. The maximum absolute atomic E-state index is 13.4. The van der Waals surface area contributed by atoms with E-state index in [1.54, 1.807) is 13.0 Å². The van der Waals surface area contributed by atoms with Crippen LogP contribution in [0.2, 0.25) is 0 Å². The summed E-state index contributed by atoms with van der Waals surface area (Å²) >= 11 is 0. The topological polar surface area (TPSA) is 79.3 Å². The molecular formula is C14H11FN2O3. The molecule has 0 aliphatic heterocycles. The fraction of sp³-hybridized carbons (Fsp3) is 0.0714. The van der Waals surface area contributed by atoms with Crippen molar-refractivity contribution < 1.29 is 19.1 Å². The Morgan fingerprint density at radius 1 is 1.30 bits per heavy atom. The van der Waals surface area contributed by atoms with E-state index < -0.39 is 17.8 Å². The number of amides is 1. The van der Waals surface area contributed by atoms with E-state index >= 15 is 0 Å². The maximum atomic E-state index is 13.4. The molecule has 0 saturated heterocycles. The van der Waals surface area contributed by atoms with Crippen LogP contribution < -0.4 is 5.32 Å². The van der Waals surface area contributed by atoms with E-state index in [2.05, 4.69) is 10.3 Å². The van der Waals surface area contributed by atoms with Crippen molar-refractivity contribution in [1.29, 1.82) is 0 Å². The van der Waals surface area contributed by atoms with Crippen LogP contribution in [0.25, 0.3) is 0 Å². The molecule has 1 heterocycles. The summed E-state index contributed by atoms with van der Waals surface area (Å²) in [6.07, 6.45) is 1.24. The summed E-state index contributed by atoms with van der Waals surface area (Å²) in [5, 5.41) is 11.4. The van der Waals surface area contributed by atoms with Gasteiger partial charge in [0.1, 0.15) is 0 Å². The van der Waals surface area contributed by atoms with E-state index in [9.17, 15) is 14.0 Å². The van der Waals surface area contributed by atoms with Crippen LogP contribution in [0.4, 0.5) is 10.1 Å². The monoisotopic (exact) mass is 274 g/mol. The van der Waals surface area contributed by atoms with Gasteiger partial charge in [0.2, 0.25) is 5.95 Å². The molecule has 1 amide bonds. The van der Waals surface area contributed by atoms with Crippen molar-refractivity contribution in [1.82, 2.24) is 4.98 Å². The summed E-state index contributed by atoms with van der Waals surface area (Å²) in [6.45, 7) is 1.71. The number of aryl methyl sites for hydroxylation is 1. The first-order valence-corrected chi connectivity index (χ1v) is 5.75. The van der Waals surface area contributed by atoms with Gasteiger partial charge in [-0.3, -0.25) is 4.79 Å². The summed E-state index contributed by atoms with van der Waals surface area (Å²) < 4.78 is 13.4. The number of carbonyl (C=O) groups excluding carboxylic acids is 1. The molecule has 2 aromatic rings. The molecular weight excluding hydrogens is 263 g/mol. The Kier molecular flexibility index (Phi) is 3.74. The van der Waals surface area contributed by atoms with Gasteiger partial charge < -0.3 is 10.4 Å². The van der Waals surface area contributed by atoms with Crippen molar-refractivity contribution in [2.45, 2.75) is 6.92 Å². The number of carboxylic acid groups (broad SMARTS) is 1. The minimum Gasteiger partial charge on any atom is -0.478 e. The number of hydrogen-bond donors (Lipinski definition) is 2. The normalized spacial score (nSPS) is 10.1. The Morgan fingerprint density at radius 3 is 2.70 bits per heavy atom. The highest BCUT2D eigenvalue weighted by Gasteiger charge is 2.14. The molecule has 0 aliphatic rings. The number of benzene rings is 1. The van der Waals surface area contributed by atoms with Gasteiger partial charge in [0.05, 0.1) is 11.1 Å². The minimum atomic E-state index is -1.10. The lowest BCUT2D eigenvalue weighted by Gasteiger charge is -2.09. The number of nitrogens with zero attached hydrogens (tertiary/aromatic N) is 1. The molecule has 0 bridgehead atoms. The Morgan fingerprint density at radius 2 is 2.05 bits per heavy atom. The number of nitrogens with one attached hydrogen (secondary N) is 1. The third-order valence-corrected chi connectivity index (χ3v) is 2.74. The summed E-state index contributed by atoms with van der Waals surface area (Å²) in [4.78, 5) is 26.2. The van der Waals surface area contributed by atoms with Crippen LogP contribution in [0, 0.1) is 12.9 Å². The van der Waals surface area contributed by atoms with E-state index in [0.29, 0.717) is 11.3 Å². The fourth-order valence-corrected chi connectivity index (χ4v) is 1.63. The molecule has 1 aromatic carbocycles. The summed E-state index contributed by atoms with van der Waals surface area (Å²) in [5.41, 5.74) is 0.830. The molecule has 0 spiro atoms. The van der Waals surface area contributed by atoms with E-state index in [1.165, 1.54) is 30.5 Å². The first-order chi connectivity index (χ1) is 9.49. The average Bonchev–Trinajstić information content (AvgIpc) is 2.41.